The number of carbonyl (C=O) groups is 1. The van der Waals surface area contributed by atoms with Crippen LogP contribution >= 0.6 is 0 Å². The lowest BCUT2D eigenvalue weighted by atomic mass is 10.1. The van der Waals surface area contributed by atoms with Crippen molar-refractivity contribution >= 4 is 5.97 Å². The summed E-state index contributed by atoms with van der Waals surface area (Å²) in [6.07, 6.45) is 2.59. The van der Waals surface area contributed by atoms with Crippen LogP contribution in [0.4, 0.5) is 0 Å². The van der Waals surface area contributed by atoms with E-state index >= 15 is 0 Å². The average Bonchev–Trinajstić information content (AvgIpc) is 2.10. The molecule has 0 radical (unpaired) electrons. The van der Waals surface area contributed by atoms with Crippen molar-refractivity contribution in [2.75, 3.05) is 13.2 Å². The first-order valence-corrected chi connectivity index (χ1v) is 4.94. The number of hydrogen-bond acceptors (Lipinski definition) is 3. The molecule has 0 N–H and O–H groups in total. The fourth-order valence-electron chi connectivity index (χ4n) is 1.14. The first-order valence-electron chi connectivity index (χ1n) is 4.94. The molecule has 0 aromatic rings. The van der Waals surface area contributed by atoms with E-state index in [4.69, 9.17) is 9.47 Å². The third-order valence-corrected chi connectivity index (χ3v) is 1.65. The van der Waals surface area contributed by atoms with Gasteiger partial charge in [0.25, 0.3) is 0 Å². The van der Waals surface area contributed by atoms with Crippen LogP contribution < -0.4 is 0 Å². The Labute approximate surface area is 86.1 Å². The van der Waals surface area contributed by atoms with Crippen molar-refractivity contribution in [3.63, 3.8) is 0 Å². The summed E-state index contributed by atoms with van der Waals surface area (Å²) in [7, 11) is 0. The summed E-state index contributed by atoms with van der Waals surface area (Å²) < 4.78 is 10.1. The Balaban J connectivity index is 3.50. The number of ether oxygens (including phenoxy) is 2. The van der Waals surface area contributed by atoms with Crippen molar-refractivity contribution in [3.05, 3.63) is 12.7 Å². The van der Waals surface area contributed by atoms with Crippen LogP contribution in [0.2, 0.25) is 0 Å². The van der Waals surface area contributed by atoms with Crippen LogP contribution in [0, 0.1) is 5.92 Å². The highest BCUT2D eigenvalue weighted by Gasteiger charge is 2.08. The minimum atomic E-state index is -0.333. The molecule has 0 aromatic carbocycles. The number of hydrogen-bond donors (Lipinski definition) is 0. The summed E-state index contributed by atoms with van der Waals surface area (Å²) in [4.78, 5) is 11.0. The lowest BCUT2D eigenvalue weighted by molar-refractivity contribution is -0.149. The van der Waals surface area contributed by atoms with E-state index in [0.29, 0.717) is 5.92 Å². The highest BCUT2D eigenvalue weighted by atomic mass is 16.6. The molecule has 0 bridgehead atoms. The van der Waals surface area contributed by atoms with Crippen LogP contribution in [-0.4, -0.2) is 25.3 Å². The predicted octanol–water partition coefficient (Wildman–Crippen LogP) is 2.17. The average molecular weight is 200 g/mol. The van der Waals surface area contributed by atoms with Gasteiger partial charge in [-0.05, 0) is 19.3 Å². The molecule has 82 valence electrons. The molecule has 1 unspecified atom stereocenters. The van der Waals surface area contributed by atoms with Crippen LogP contribution in [0.5, 0.6) is 0 Å². The van der Waals surface area contributed by atoms with Crippen molar-refractivity contribution in [2.45, 2.75) is 33.3 Å². The molecule has 1 atom stereocenters. The van der Waals surface area contributed by atoms with Gasteiger partial charge in [0.2, 0.25) is 0 Å². The summed E-state index contributed by atoms with van der Waals surface area (Å²) in [5.74, 6) is 0.245. The molecule has 3 heteroatoms. The Hall–Kier alpha value is -0.830. The highest BCUT2D eigenvalue weighted by Crippen LogP contribution is 2.07. The van der Waals surface area contributed by atoms with Crippen LogP contribution in [0.15, 0.2) is 12.7 Å². The van der Waals surface area contributed by atoms with E-state index in [1.54, 1.807) is 0 Å². The molecule has 0 aliphatic carbocycles. The summed E-state index contributed by atoms with van der Waals surface area (Å²) in [6.45, 7) is 9.93. The van der Waals surface area contributed by atoms with Gasteiger partial charge in [-0.3, -0.25) is 0 Å². The monoisotopic (exact) mass is 200 g/mol. The van der Waals surface area contributed by atoms with Crippen LogP contribution in [0.25, 0.3) is 0 Å². The topological polar surface area (TPSA) is 35.5 Å². The zero-order valence-corrected chi connectivity index (χ0v) is 9.29. The fourth-order valence-corrected chi connectivity index (χ4v) is 1.14. The molecule has 0 saturated heterocycles. The van der Waals surface area contributed by atoms with E-state index in [1.165, 1.54) is 6.08 Å². The van der Waals surface area contributed by atoms with E-state index in [9.17, 15) is 4.79 Å². The van der Waals surface area contributed by atoms with Crippen molar-refractivity contribution in [2.24, 2.45) is 5.92 Å². The molecule has 0 rings (SSSR count). The van der Waals surface area contributed by atoms with Gasteiger partial charge in [-0.15, -0.1) is 0 Å². The van der Waals surface area contributed by atoms with E-state index in [0.717, 1.165) is 6.42 Å². The van der Waals surface area contributed by atoms with Gasteiger partial charge in [-0.1, -0.05) is 26.5 Å². The SMILES string of the molecule is C=CCOC(=O)COC(C)CC(C)C. The molecular formula is C11H20O3. The molecule has 14 heavy (non-hydrogen) atoms. The zero-order valence-electron chi connectivity index (χ0n) is 9.29. The van der Waals surface area contributed by atoms with Crippen molar-refractivity contribution < 1.29 is 14.3 Å². The van der Waals surface area contributed by atoms with E-state index in [-0.39, 0.29) is 25.3 Å². The molecular weight excluding hydrogens is 180 g/mol. The Bertz CT molecular complexity index is 175. The van der Waals surface area contributed by atoms with E-state index < -0.39 is 0 Å². The Kier molecular flexibility index (Phi) is 7.11. The maximum absolute atomic E-state index is 11.0. The molecule has 0 aromatic heterocycles. The Morgan fingerprint density at radius 3 is 2.57 bits per heavy atom. The zero-order chi connectivity index (χ0) is 11.0. The van der Waals surface area contributed by atoms with Crippen LogP contribution in [0.3, 0.4) is 0 Å². The molecule has 0 spiro atoms. The van der Waals surface area contributed by atoms with Gasteiger partial charge in [0, 0.05) is 0 Å². The quantitative estimate of drug-likeness (QED) is 0.466. The number of carbonyl (C=O) groups excluding carboxylic acids is 1. The van der Waals surface area contributed by atoms with Gasteiger partial charge in [0.15, 0.2) is 0 Å². The Morgan fingerprint density at radius 2 is 2.07 bits per heavy atom. The third kappa shape index (κ3) is 7.80. The molecule has 0 amide bonds. The normalized spacial score (nSPS) is 12.6. The van der Waals surface area contributed by atoms with Gasteiger partial charge in [-0.25, -0.2) is 4.79 Å². The van der Waals surface area contributed by atoms with E-state index in [1.807, 2.05) is 6.92 Å². The predicted molar refractivity (Wildman–Crippen MR) is 56.0 cm³/mol. The highest BCUT2D eigenvalue weighted by molar-refractivity contribution is 5.70. The van der Waals surface area contributed by atoms with Crippen molar-refractivity contribution in [1.82, 2.24) is 0 Å². The minimum Gasteiger partial charge on any atom is -0.460 e. The van der Waals surface area contributed by atoms with E-state index in [2.05, 4.69) is 20.4 Å². The minimum absolute atomic E-state index is 0.0295. The molecule has 0 saturated carbocycles. The lowest BCUT2D eigenvalue weighted by Crippen LogP contribution is -2.19. The molecule has 0 heterocycles. The summed E-state index contributed by atoms with van der Waals surface area (Å²) in [6, 6.07) is 0. The van der Waals surface area contributed by atoms with Gasteiger partial charge in [0.1, 0.15) is 13.2 Å². The maximum atomic E-state index is 11.0. The second-order valence-electron chi connectivity index (χ2n) is 3.72. The first kappa shape index (κ1) is 13.2. The summed E-state index contributed by atoms with van der Waals surface area (Å²) >= 11 is 0. The van der Waals surface area contributed by atoms with Crippen LogP contribution in [0.1, 0.15) is 27.2 Å². The smallest absolute Gasteiger partial charge is 0.332 e. The number of esters is 1. The second-order valence-corrected chi connectivity index (χ2v) is 3.72. The van der Waals surface area contributed by atoms with Gasteiger partial charge >= 0.3 is 5.97 Å². The Morgan fingerprint density at radius 1 is 1.43 bits per heavy atom. The van der Waals surface area contributed by atoms with Gasteiger partial charge < -0.3 is 9.47 Å². The van der Waals surface area contributed by atoms with Crippen molar-refractivity contribution in [3.8, 4) is 0 Å². The maximum Gasteiger partial charge on any atom is 0.332 e. The number of rotatable bonds is 7. The van der Waals surface area contributed by atoms with Gasteiger partial charge in [-0.2, -0.15) is 0 Å². The molecule has 3 nitrogen and oxygen atoms in total. The van der Waals surface area contributed by atoms with Crippen molar-refractivity contribution in [1.29, 1.82) is 0 Å². The fraction of sp³-hybridized carbons (Fsp3) is 0.727. The van der Waals surface area contributed by atoms with Gasteiger partial charge in [0.05, 0.1) is 6.10 Å². The molecule has 0 aliphatic rings. The third-order valence-electron chi connectivity index (χ3n) is 1.65. The standard InChI is InChI=1S/C11H20O3/c1-5-6-13-11(12)8-14-10(4)7-9(2)3/h5,9-10H,1,6-8H2,2-4H3. The molecule has 0 aliphatic heterocycles. The molecule has 0 fully saturated rings. The van der Waals surface area contributed by atoms with Crippen LogP contribution in [-0.2, 0) is 14.3 Å². The lowest BCUT2D eigenvalue weighted by Gasteiger charge is -2.14. The summed E-state index contributed by atoms with van der Waals surface area (Å²) in [5.41, 5.74) is 0. The first-order chi connectivity index (χ1) is 6.56. The second kappa shape index (κ2) is 7.56. The largest absolute Gasteiger partial charge is 0.460 e. The summed E-state index contributed by atoms with van der Waals surface area (Å²) in [5, 5.41) is 0.